The lowest BCUT2D eigenvalue weighted by atomic mass is 9.76. The molecule has 17 heavy (non-hydrogen) atoms. The van der Waals surface area contributed by atoms with E-state index in [9.17, 15) is 5.11 Å². The van der Waals surface area contributed by atoms with Crippen LogP contribution in [-0.4, -0.2) is 36.0 Å². The standard InChI is InChI=1S/C12H18BN2O2/c1-11(2,16)12(3,4)17-13-9-5-6-10(7-14)15-8-9/h5-6,9,16H,8H2,1-4H3. The van der Waals surface area contributed by atoms with E-state index >= 15 is 0 Å². The van der Waals surface area contributed by atoms with Crippen LogP contribution in [0.2, 0.25) is 5.82 Å². The summed E-state index contributed by atoms with van der Waals surface area (Å²) in [6.45, 7) is 7.61. The SMILES string of the molecule is CC(C)(O)C(C)(C)O[B]C1C=CC(C#N)=NC1. The Kier molecular flexibility index (Phi) is 4.13. The summed E-state index contributed by atoms with van der Waals surface area (Å²) in [4.78, 5) is 4.09. The Hall–Kier alpha value is -1.12. The zero-order chi connectivity index (χ0) is 13.1. The molecule has 1 heterocycles. The predicted molar refractivity (Wildman–Crippen MR) is 68.0 cm³/mol. The molecule has 0 aromatic heterocycles. The highest BCUT2D eigenvalue weighted by Gasteiger charge is 2.36. The van der Waals surface area contributed by atoms with Gasteiger partial charge in [0.1, 0.15) is 11.8 Å². The molecule has 1 radical (unpaired) electrons. The molecular weight excluding hydrogens is 215 g/mol. The fourth-order valence-corrected chi connectivity index (χ4v) is 1.09. The van der Waals surface area contributed by atoms with Gasteiger partial charge in [0.05, 0.1) is 11.2 Å². The molecule has 4 nitrogen and oxygen atoms in total. The molecule has 0 saturated heterocycles. The first-order valence-corrected chi connectivity index (χ1v) is 5.62. The molecule has 1 aliphatic heterocycles. The highest BCUT2D eigenvalue weighted by Crippen LogP contribution is 2.26. The van der Waals surface area contributed by atoms with E-state index in [0.717, 1.165) is 0 Å². The maximum atomic E-state index is 9.92. The van der Waals surface area contributed by atoms with E-state index in [0.29, 0.717) is 12.3 Å². The molecular formula is C12H18BN2O2. The van der Waals surface area contributed by atoms with E-state index in [2.05, 4.69) is 4.99 Å². The minimum Gasteiger partial charge on any atom is -0.432 e. The summed E-state index contributed by atoms with van der Waals surface area (Å²) in [5.41, 5.74) is -1.15. The normalized spacial score (nSPS) is 20.7. The lowest BCUT2D eigenvalue weighted by Crippen LogP contribution is -2.48. The van der Waals surface area contributed by atoms with E-state index in [-0.39, 0.29) is 5.82 Å². The van der Waals surface area contributed by atoms with Crippen molar-refractivity contribution in [2.24, 2.45) is 4.99 Å². The van der Waals surface area contributed by atoms with Gasteiger partial charge in [0.15, 0.2) is 0 Å². The Balaban J connectivity index is 2.48. The minimum atomic E-state index is -0.928. The molecule has 0 spiro atoms. The minimum absolute atomic E-state index is 0.0497. The van der Waals surface area contributed by atoms with E-state index in [4.69, 9.17) is 9.92 Å². The van der Waals surface area contributed by atoms with Gasteiger partial charge in [-0.15, -0.1) is 0 Å². The van der Waals surface area contributed by atoms with Crippen molar-refractivity contribution in [3.05, 3.63) is 12.2 Å². The van der Waals surface area contributed by atoms with Crippen molar-refractivity contribution in [3.8, 4) is 6.07 Å². The third-order valence-corrected chi connectivity index (χ3v) is 3.10. The summed E-state index contributed by atoms with van der Waals surface area (Å²) in [6.07, 6.45) is 3.57. The van der Waals surface area contributed by atoms with Crippen LogP contribution in [0.3, 0.4) is 0 Å². The molecule has 0 fully saturated rings. The molecule has 0 aliphatic carbocycles. The highest BCUT2D eigenvalue weighted by molar-refractivity contribution is 6.31. The van der Waals surface area contributed by atoms with Crippen LogP contribution in [-0.2, 0) is 4.65 Å². The van der Waals surface area contributed by atoms with Crippen LogP contribution in [0.4, 0.5) is 0 Å². The van der Waals surface area contributed by atoms with Gasteiger partial charge in [-0.1, -0.05) is 6.08 Å². The van der Waals surface area contributed by atoms with Gasteiger partial charge in [0, 0.05) is 6.54 Å². The van der Waals surface area contributed by atoms with Gasteiger partial charge in [-0.3, -0.25) is 4.99 Å². The summed E-state index contributed by atoms with van der Waals surface area (Å²) >= 11 is 0. The van der Waals surface area contributed by atoms with Crippen molar-refractivity contribution in [2.75, 3.05) is 6.54 Å². The lowest BCUT2D eigenvalue weighted by Gasteiger charge is -2.38. The molecule has 1 rings (SSSR count). The fraction of sp³-hybridized carbons (Fsp3) is 0.667. The second kappa shape index (κ2) is 5.03. The number of nitrogens with zero attached hydrogens (tertiary/aromatic N) is 2. The third-order valence-electron chi connectivity index (χ3n) is 3.10. The molecule has 5 heteroatoms. The molecule has 1 atom stereocenters. The predicted octanol–water partition coefficient (Wildman–Crippen LogP) is 1.49. The highest BCUT2D eigenvalue weighted by atomic mass is 16.5. The number of allylic oxidation sites excluding steroid dienone is 1. The summed E-state index contributed by atoms with van der Waals surface area (Å²) in [5, 5.41) is 18.6. The van der Waals surface area contributed by atoms with Crippen LogP contribution in [0.15, 0.2) is 17.1 Å². The molecule has 91 valence electrons. The van der Waals surface area contributed by atoms with Gasteiger partial charge in [0.25, 0.3) is 0 Å². The van der Waals surface area contributed by atoms with Gasteiger partial charge in [0.2, 0.25) is 0 Å². The Morgan fingerprint density at radius 1 is 1.53 bits per heavy atom. The number of aliphatic hydroxyl groups is 1. The average molecular weight is 233 g/mol. The lowest BCUT2D eigenvalue weighted by molar-refractivity contribution is -0.0907. The molecule has 0 bridgehead atoms. The Labute approximate surface area is 103 Å². The monoisotopic (exact) mass is 233 g/mol. The topological polar surface area (TPSA) is 65.6 Å². The summed E-state index contributed by atoms with van der Waals surface area (Å²) < 4.78 is 5.62. The number of aliphatic imine (C=N–C) groups is 1. The van der Waals surface area contributed by atoms with Crippen LogP contribution in [0, 0.1) is 11.3 Å². The van der Waals surface area contributed by atoms with E-state index < -0.39 is 11.2 Å². The summed E-state index contributed by atoms with van der Waals surface area (Å²) in [6, 6.07) is 1.99. The average Bonchev–Trinajstić information content (AvgIpc) is 2.25. The van der Waals surface area contributed by atoms with Gasteiger partial charge in [-0.2, -0.15) is 5.26 Å². The molecule has 0 aromatic carbocycles. The summed E-state index contributed by atoms with van der Waals surface area (Å²) in [5.74, 6) is 0.0497. The van der Waals surface area contributed by atoms with Gasteiger partial charge < -0.3 is 9.76 Å². The molecule has 1 N–H and O–H groups in total. The first-order chi connectivity index (χ1) is 7.76. The van der Waals surface area contributed by atoms with Crippen molar-refractivity contribution < 1.29 is 9.76 Å². The molecule has 0 saturated carbocycles. The number of rotatable bonds is 4. The van der Waals surface area contributed by atoms with Gasteiger partial charge in [-0.05, 0) is 39.6 Å². The quantitative estimate of drug-likeness (QED) is 0.748. The first-order valence-electron chi connectivity index (χ1n) is 5.62. The smallest absolute Gasteiger partial charge is 0.302 e. The second-order valence-electron chi connectivity index (χ2n) is 5.18. The third kappa shape index (κ3) is 3.69. The first kappa shape index (κ1) is 13.9. The second-order valence-corrected chi connectivity index (χ2v) is 5.18. The number of hydrogen-bond donors (Lipinski definition) is 1. The van der Waals surface area contributed by atoms with Crippen LogP contribution in [0.25, 0.3) is 0 Å². The van der Waals surface area contributed by atoms with E-state index in [1.807, 2.05) is 26.0 Å². The Morgan fingerprint density at radius 3 is 2.59 bits per heavy atom. The van der Waals surface area contributed by atoms with Crippen LogP contribution in [0.1, 0.15) is 27.7 Å². The molecule has 0 amide bonds. The van der Waals surface area contributed by atoms with Crippen molar-refractivity contribution in [1.29, 1.82) is 5.26 Å². The zero-order valence-corrected chi connectivity index (χ0v) is 10.8. The number of nitriles is 1. The molecule has 1 aliphatic rings. The fourth-order valence-electron chi connectivity index (χ4n) is 1.09. The van der Waals surface area contributed by atoms with Crippen molar-refractivity contribution in [2.45, 2.75) is 44.7 Å². The Bertz CT molecular complexity index is 375. The Morgan fingerprint density at radius 2 is 2.18 bits per heavy atom. The molecule has 0 aromatic rings. The number of hydrogen-bond acceptors (Lipinski definition) is 4. The maximum Gasteiger partial charge on any atom is 0.302 e. The van der Waals surface area contributed by atoms with Crippen molar-refractivity contribution in [3.63, 3.8) is 0 Å². The van der Waals surface area contributed by atoms with E-state index in [1.165, 1.54) is 0 Å². The van der Waals surface area contributed by atoms with Crippen molar-refractivity contribution >= 4 is 13.2 Å². The number of dihydropyridines is 1. The maximum absolute atomic E-state index is 9.92. The van der Waals surface area contributed by atoms with Crippen LogP contribution in [0.5, 0.6) is 0 Å². The van der Waals surface area contributed by atoms with E-state index in [1.54, 1.807) is 27.4 Å². The van der Waals surface area contributed by atoms with Crippen LogP contribution >= 0.6 is 0 Å². The van der Waals surface area contributed by atoms with Crippen LogP contribution < -0.4 is 0 Å². The van der Waals surface area contributed by atoms with Gasteiger partial charge >= 0.3 is 7.48 Å². The zero-order valence-electron chi connectivity index (χ0n) is 10.8. The molecule has 1 unspecified atom stereocenters. The van der Waals surface area contributed by atoms with Gasteiger partial charge in [-0.25, -0.2) is 0 Å². The largest absolute Gasteiger partial charge is 0.432 e. The van der Waals surface area contributed by atoms with Crippen molar-refractivity contribution in [1.82, 2.24) is 0 Å². The summed E-state index contributed by atoms with van der Waals surface area (Å²) in [7, 11) is 1.67.